The Hall–Kier alpha value is -4.31. The van der Waals surface area contributed by atoms with Gasteiger partial charge in [-0.2, -0.15) is 0 Å². The zero-order chi connectivity index (χ0) is 24.2. The molecule has 172 valence electrons. The van der Waals surface area contributed by atoms with Crippen LogP contribution in [0.2, 0.25) is 0 Å². The smallest absolute Gasteiger partial charge is 0.338 e. The Morgan fingerprint density at radius 2 is 1.62 bits per heavy atom. The molecule has 4 aromatic rings. The topological polar surface area (TPSA) is 119 Å². The lowest BCUT2D eigenvalue weighted by atomic mass is 10.2. The van der Waals surface area contributed by atoms with E-state index in [2.05, 4.69) is 15.6 Å². The zero-order valence-corrected chi connectivity index (χ0v) is 19.1. The molecule has 2 heterocycles. The minimum Gasteiger partial charge on any atom is -0.462 e. The van der Waals surface area contributed by atoms with E-state index in [0.29, 0.717) is 22.6 Å². The van der Waals surface area contributed by atoms with Gasteiger partial charge in [-0.25, -0.2) is 14.2 Å². The van der Waals surface area contributed by atoms with Gasteiger partial charge in [0, 0.05) is 23.1 Å². The number of anilines is 2. The molecule has 0 aliphatic rings. The highest BCUT2D eigenvalue weighted by molar-refractivity contribution is 7.19. The lowest BCUT2D eigenvalue weighted by Crippen LogP contribution is -2.25. The van der Waals surface area contributed by atoms with Crippen molar-refractivity contribution in [3.63, 3.8) is 0 Å². The summed E-state index contributed by atoms with van der Waals surface area (Å²) in [4.78, 5) is 55.5. The number of fused-ring (bicyclic) bond motifs is 1. The summed E-state index contributed by atoms with van der Waals surface area (Å²) in [5.74, 6) is -1.68. The summed E-state index contributed by atoms with van der Waals surface area (Å²) in [6.45, 7) is 3.62. The first kappa shape index (κ1) is 22.9. The third-order valence-electron chi connectivity index (χ3n) is 4.75. The predicted octanol–water partition coefficient (Wildman–Crippen LogP) is 3.75. The van der Waals surface area contributed by atoms with E-state index in [9.17, 15) is 19.2 Å². The number of carbonyl (C=O) groups excluding carboxylic acids is 3. The summed E-state index contributed by atoms with van der Waals surface area (Å²) in [5, 5.41) is 5.42. The quantitative estimate of drug-likeness (QED) is 0.409. The number of ether oxygens (including phenoxy) is 1. The molecular weight excluding hydrogens is 456 g/mol. The highest BCUT2D eigenvalue weighted by Gasteiger charge is 2.26. The van der Waals surface area contributed by atoms with Crippen molar-refractivity contribution >= 4 is 45.5 Å². The molecule has 0 spiro atoms. The van der Waals surface area contributed by atoms with Crippen molar-refractivity contribution in [2.45, 2.75) is 13.8 Å². The SMILES string of the molecule is CCOC(=O)c1ccc(NC(=O)c2c(C(=O)Nc3ccccc3)sc3nc(C)cc(=O)n23)cc1. The average Bonchev–Trinajstić information content (AvgIpc) is 3.20. The second-order valence-electron chi connectivity index (χ2n) is 7.21. The van der Waals surface area contributed by atoms with Crippen LogP contribution in [0.15, 0.2) is 65.5 Å². The molecule has 0 saturated heterocycles. The number of para-hydroxylation sites is 1. The summed E-state index contributed by atoms with van der Waals surface area (Å²) in [6, 6.07) is 16.2. The molecule has 0 fully saturated rings. The van der Waals surface area contributed by atoms with Gasteiger partial charge in [-0.1, -0.05) is 29.5 Å². The highest BCUT2D eigenvalue weighted by atomic mass is 32.1. The Kier molecular flexibility index (Phi) is 6.51. The molecule has 0 atom stereocenters. The minimum atomic E-state index is -0.666. The predicted molar refractivity (Wildman–Crippen MR) is 129 cm³/mol. The fourth-order valence-corrected chi connectivity index (χ4v) is 4.32. The van der Waals surface area contributed by atoms with Crippen LogP contribution >= 0.6 is 11.3 Å². The van der Waals surface area contributed by atoms with E-state index in [1.807, 2.05) is 6.07 Å². The van der Waals surface area contributed by atoms with Gasteiger partial charge in [0.15, 0.2) is 4.96 Å². The normalized spacial score (nSPS) is 10.6. The van der Waals surface area contributed by atoms with Gasteiger partial charge in [0.2, 0.25) is 0 Å². The molecule has 0 aliphatic heterocycles. The first-order chi connectivity index (χ1) is 16.4. The van der Waals surface area contributed by atoms with Crippen LogP contribution in [-0.2, 0) is 4.74 Å². The maximum atomic E-state index is 13.3. The summed E-state index contributed by atoms with van der Waals surface area (Å²) in [7, 11) is 0. The number of hydrogen-bond acceptors (Lipinski definition) is 7. The molecule has 0 saturated carbocycles. The molecular formula is C24H20N4O5S. The van der Waals surface area contributed by atoms with Gasteiger partial charge in [-0.3, -0.25) is 14.4 Å². The Labute approximate surface area is 198 Å². The second kappa shape index (κ2) is 9.67. The highest BCUT2D eigenvalue weighted by Crippen LogP contribution is 2.24. The number of nitrogens with zero attached hydrogens (tertiary/aromatic N) is 2. The average molecular weight is 477 g/mol. The van der Waals surface area contributed by atoms with E-state index in [1.54, 1.807) is 38.1 Å². The number of rotatable bonds is 6. The third-order valence-corrected chi connectivity index (χ3v) is 5.79. The largest absolute Gasteiger partial charge is 0.462 e. The van der Waals surface area contributed by atoms with E-state index in [4.69, 9.17) is 4.74 Å². The molecule has 2 aromatic heterocycles. The molecule has 0 radical (unpaired) electrons. The van der Waals surface area contributed by atoms with Crippen molar-refractivity contribution < 1.29 is 19.1 Å². The Morgan fingerprint density at radius 1 is 0.971 bits per heavy atom. The number of hydrogen-bond donors (Lipinski definition) is 2. The molecule has 34 heavy (non-hydrogen) atoms. The van der Waals surface area contributed by atoms with Crippen molar-refractivity contribution in [3.05, 3.63) is 92.8 Å². The molecule has 2 amide bonds. The van der Waals surface area contributed by atoms with Crippen LogP contribution < -0.4 is 16.2 Å². The van der Waals surface area contributed by atoms with E-state index in [-0.39, 0.29) is 22.1 Å². The molecule has 4 rings (SSSR count). The van der Waals surface area contributed by atoms with Crippen LogP contribution in [0, 0.1) is 6.92 Å². The third kappa shape index (κ3) is 4.71. The van der Waals surface area contributed by atoms with E-state index < -0.39 is 23.3 Å². The summed E-state index contributed by atoms with van der Waals surface area (Å²) in [6.07, 6.45) is 0. The molecule has 2 N–H and O–H groups in total. The van der Waals surface area contributed by atoms with Crippen LogP contribution in [0.4, 0.5) is 11.4 Å². The van der Waals surface area contributed by atoms with Gasteiger partial charge in [0.25, 0.3) is 17.4 Å². The standard InChI is InChI=1S/C24H20N4O5S/c1-3-33-23(32)15-9-11-17(12-10-15)26-21(30)19-20(22(31)27-16-7-5-4-6-8-16)34-24-25-14(2)13-18(29)28(19)24/h4-13H,3H2,1-2H3,(H,26,30)(H,27,31). The van der Waals surface area contributed by atoms with Crippen LogP contribution in [0.5, 0.6) is 0 Å². The number of amides is 2. The van der Waals surface area contributed by atoms with Gasteiger partial charge in [0.05, 0.1) is 12.2 Å². The molecule has 0 aliphatic carbocycles. The minimum absolute atomic E-state index is 0.0414. The zero-order valence-electron chi connectivity index (χ0n) is 18.3. The van der Waals surface area contributed by atoms with E-state index in [1.165, 1.54) is 30.3 Å². The van der Waals surface area contributed by atoms with Crippen molar-refractivity contribution in [1.82, 2.24) is 9.38 Å². The molecule has 9 nitrogen and oxygen atoms in total. The maximum Gasteiger partial charge on any atom is 0.338 e. The number of esters is 1. The van der Waals surface area contributed by atoms with Crippen molar-refractivity contribution in [3.8, 4) is 0 Å². The van der Waals surface area contributed by atoms with Crippen LogP contribution in [0.1, 0.15) is 43.1 Å². The van der Waals surface area contributed by atoms with E-state index >= 15 is 0 Å². The molecule has 2 aromatic carbocycles. The van der Waals surface area contributed by atoms with Crippen LogP contribution in [-0.4, -0.2) is 33.8 Å². The Balaban J connectivity index is 1.70. The fourth-order valence-electron chi connectivity index (χ4n) is 3.25. The second-order valence-corrected chi connectivity index (χ2v) is 8.18. The van der Waals surface area contributed by atoms with Crippen molar-refractivity contribution in [2.24, 2.45) is 0 Å². The number of aromatic nitrogens is 2. The van der Waals surface area contributed by atoms with Gasteiger partial charge >= 0.3 is 5.97 Å². The Morgan fingerprint density at radius 3 is 2.29 bits per heavy atom. The lowest BCUT2D eigenvalue weighted by molar-refractivity contribution is 0.0526. The fraction of sp³-hybridized carbons (Fsp3) is 0.125. The monoisotopic (exact) mass is 476 g/mol. The van der Waals surface area contributed by atoms with Gasteiger partial charge in [-0.05, 0) is 50.2 Å². The van der Waals surface area contributed by atoms with Crippen LogP contribution in [0.3, 0.4) is 0 Å². The lowest BCUT2D eigenvalue weighted by Gasteiger charge is -2.09. The number of thiazole rings is 1. The maximum absolute atomic E-state index is 13.3. The number of carbonyl (C=O) groups is 3. The van der Waals surface area contributed by atoms with Crippen molar-refractivity contribution in [2.75, 3.05) is 17.2 Å². The molecule has 0 bridgehead atoms. The van der Waals surface area contributed by atoms with Gasteiger partial charge < -0.3 is 15.4 Å². The number of benzene rings is 2. The number of aryl methyl sites for hydroxylation is 1. The van der Waals surface area contributed by atoms with Crippen LogP contribution in [0.25, 0.3) is 4.96 Å². The molecule has 10 heteroatoms. The Bertz CT molecular complexity index is 1440. The summed E-state index contributed by atoms with van der Waals surface area (Å²) < 4.78 is 6.08. The summed E-state index contributed by atoms with van der Waals surface area (Å²) in [5.41, 5.74) is 1.13. The summed E-state index contributed by atoms with van der Waals surface area (Å²) >= 11 is 0.948. The van der Waals surface area contributed by atoms with E-state index in [0.717, 1.165) is 15.7 Å². The van der Waals surface area contributed by atoms with Crippen molar-refractivity contribution in [1.29, 1.82) is 0 Å². The first-order valence-corrected chi connectivity index (χ1v) is 11.2. The first-order valence-electron chi connectivity index (χ1n) is 10.4. The van der Waals surface area contributed by atoms with Gasteiger partial charge in [-0.15, -0.1) is 0 Å². The number of nitrogens with one attached hydrogen (secondary N) is 2. The molecule has 0 unspecified atom stereocenters. The van der Waals surface area contributed by atoms with Gasteiger partial charge in [0.1, 0.15) is 10.6 Å².